The lowest BCUT2D eigenvalue weighted by Crippen LogP contribution is -2.40. The van der Waals surface area contributed by atoms with Crippen molar-refractivity contribution in [3.8, 4) is 5.75 Å². The number of likely N-dealkylation sites (N-methyl/N-ethyl adjacent to an activating group) is 1. The fourth-order valence-corrected chi connectivity index (χ4v) is 4.86. The highest BCUT2D eigenvalue weighted by Crippen LogP contribution is 2.29. The SMILES string of the molecule is CCCCN(CCCC)C(=C\Oc1ccccc1)/C(C)=C(\C=C\S(N)(=O)=O)C(O)N(C)C1CCCC1. The van der Waals surface area contributed by atoms with Crippen molar-refractivity contribution in [3.63, 3.8) is 0 Å². The van der Waals surface area contributed by atoms with Crippen LogP contribution in [0.2, 0.25) is 0 Å². The summed E-state index contributed by atoms with van der Waals surface area (Å²) in [4.78, 5) is 4.22. The maximum Gasteiger partial charge on any atom is 0.231 e. The largest absolute Gasteiger partial charge is 0.463 e. The second kappa shape index (κ2) is 15.2. The van der Waals surface area contributed by atoms with Crippen LogP contribution in [0.25, 0.3) is 0 Å². The number of primary sulfonamides is 1. The molecule has 0 heterocycles. The molecule has 1 aliphatic carbocycles. The molecule has 0 radical (unpaired) electrons. The lowest BCUT2D eigenvalue weighted by Gasteiger charge is -2.33. The van der Waals surface area contributed by atoms with E-state index in [0.717, 1.165) is 81.1 Å². The molecule has 36 heavy (non-hydrogen) atoms. The number of nitrogens with zero attached hydrogens (tertiary/aromatic N) is 2. The third kappa shape index (κ3) is 9.73. The molecular weight excluding hydrogens is 474 g/mol. The number of aliphatic hydroxyl groups is 1. The topological polar surface area (TPSA) is 96.1 Å². The van der Waals surface area contributed by atoms with Gasteiger partial charge < -0.3 is 14.7 Å². The van der Waals surface area contributed by atoms with Crippen LogP contribution in [0.15, 0.2) is 64.9 Å². The molecule has 1 aliphatic rings. The molecule has 202 valence electrons. The van der Waals surface area contributed by atoms with Crippen LogP contribution >= 0.6 is 0 Å². The van der Waals surface area contributed by atoms with Gasteiger partial charge in [-0.15, -0.1) is 0 Å². The van der Waals surface area contributed by atoms with Crippen LogP contribution in [0.5, 0.6) is 5.75 Å². The number of ether oxygens (including phenoxy) is 1. The summed E-state index contributed by atoms with van der Waals surface area (Å²) in [6, 6.07) is 9.79. The Kier molecular flexibility index (Phi) is 12.7. The molecule has 0 saturated heterocycles. The van der Waals surface area contributed by atoms with Crippen LogP contribution in [-0.4, -0.2) is 55.7 Å². The zero-order chi connectivity index (χ0) is 26.6. The number of aliphatic hydroxyl groups excluding tert-OH is 1. The highest BCUT2D eigenvalue weighted by atomic mass is 32.2. The van der Waals surface area contributed by atoms with Gasteiger partial charge in [-0.05, 0) is 63.4 Å². The molecule has 0 aromatic heterocycles. The monoisotopic (exact) mass is 519 g/mol. The van der Waals surface area contributed by atoms with Gasteiger partial charge in [0.15, 0.2) is 0 Å². The van der Waals surface area contributed by atoms with Crippen LogP contribution in [0.3, 0.4) is 0 Å². The van der Waals surface area contributed by atoms with Gasteiger partial charge in [-0.25, -0.2) is 13.6 Å². The number of allylic oxidation sites excluding steroid dienone is 1. The summed E-state index contributed by atoms with van der Waals surface area (Å²) in [5.41, 5.74) is 2.09. The Morgan fingerprint density at radius 2 is 1.72 bits per heavy atom. The molecule has 0 bridgehead atoms. The van der Waals surface area contributed by atoms with E-state index in [1.807, 2.05) is 49.2 Å². The average Bonchev–Trinajstić information content (AvgIpc) is 3.39. The molecule has 0 amide bonds. The summed E-state index contributed by atoms with van der Waals surface area (Å²) < 4.78 is 29.7. The van der Waals surface area contributed by atoms with Gasteiger partial charge in [-0.1, -0.05) is 57.7 Å². The number of para-hydroxylation sites is 1. The standard InChI is InChI=1S/C28H45N3O4S/c1-5-7-19-31(20-8-6-2)27(22-35-25-16-10-9-11-17-25)23(3)26(18-21-36(29,33)34)28(32)30(4)24-14-12-13-15-24/h9-11,16-18,21-22,24,28,32H,5-8,12-15,19-20H2,1-4H3,(H2,29,33,34)/b21-18+,26-23+,27-22-. The lowest BCUT2D eigenvalue weighted by atomic mass is 10.0. The van der Waals surface area contributed by atoms with E-state index in [4.69, 9.17) is 9.88 Å². The Bertz CT molecular complexity index is 975. The van der Waals surface area contributed by atoms with Crippen molar-refractivity contribution in [1.82, 2.24) is 9.80 Å². The van der Waals surface area contributed by atoms with E-state index in [-0.39, 0.29) is 6.04 Å². The van der Waals surface area contributed by atoms with Gasteiger partial charge >= 0.3 is 0 Å². The smallest absolute Gasteiger partial charge is 0.231 e. The summed E-state index contributed by atoms with van der Waals surface area (Å²) in [6.45, 7) is 7.90. The summed E-state index contributed by atoms with van der Waals surface area (Å²) in [5.74, 6) is 0.707. The van der Waals surface area contributed by atoms with E-state index in [9.17, 15) is 13.5 Å². The number of rotatable bonds is 15. The van der Waals surface area contributed by atoms with Crippen LogP contribution in [0.4, 0.5) is 0 Å². The van der Waals surface area contributed by atoms with Gasteiger partial charge in [0.25, 0.3) is 0 Å². The van der Waals surface area contributed by atoms with Gasteiger partial charge in [0.1, 0.15) is 18.2 Å². The summed E-state index contributed by atoms with van der Waals surface area (Å²) in [6.07, 6.45) is 10.6. The summed E-state index contributed by atoms with van der Waals surface area (Å²) in [5, 5.41) is 17.7. The number of nitrogens with two attached hydrogens (primary N) is 1. The zero-order valence-electron chi connectivity index (χ0n) is 22.4. The first-order chi connectivity index (χ1) is 17.2. The molecule has 1 aromatic rings. The summed E-state index contributed by atoms with van der Waals surface area (Å²) in [7, 11) is -1.97. The normalized spacial score (nSPS) is 17.0. The molecule has 1 unspecified atom stereocenters. The van der Waals surface area contributed by atoms with Crippen LogP contribution in [0, 0.1) is 0 Å². The molecule has 0 aliphatic heterocycles. The van der Waals surface area contributed by atoms with E-state index < -0.39 is 16.3 Å². The molecule has 3 N–H and O–H groups in total. The van der Waals surface area contributed by atoms with E-state index in [1.165, 1.54) is 6.08 Å². The maximum absolute atomic E-state index is 11.8. The van der Waals surface area contributed by atoms with Crippen molar-refractivity contribution in [3.05, 3.63) is 64.9 Å². The van der Waals surface area contributed by atoms with Crippen molar-refractivity contribution in [2.45, 2.75) is 84.4 Å². The second-order valence-corrected chi connectivity index (χ2v) is 11.0. The predicted octanol–water partition coefficient (Wildman–Crippen LogP) is 5.12. The van der Waals surface area contributed by atoms with E-state index >= 15 is 0 Å². The minimum Gasteiger partial charge on any atom is -0.463 e. The van der Waals surface area contributed by atoms with Crippen molar-refractivity contribution in [2.75, 3.05) is 20.1 Å². The molecule has 0 spiro atoms. The van der Waals surface area contributed by atoms with Crippen molar-refractivity contribution >= 4 is 10.0 Å². The van der Waals surface area contributed by atoms with E-state index in [1.54, 1.807) is 6.26 Å². The van der Waals surface area contributed by atoms with Crippen molar-refractivity contribution < 1.29 is 18.3 Å². The average molecular weight is 520 g/mol. The number of hydrogen-bond donors (Lipinski definition) is 2. The first-order valence-corrected chi connectivity index (χ1v) is 14.8. The van der Waals surface area contributed by atoms with Crippen LogP contribution < -0.4 is 9.88 Å². The van der Waals surface area contributed by atoms with Gasteiger partial charge in [0.2, 0.25) is 10.0 Å². The second-order valence-electron chi connectivity index (χ2n) is 9.58. The molecule has 8 heteroatoms. The molecule has 1 saturated carbocycles. The first kappa shape index (κ1) is 30.1. The number of hydrogen-bond acceptors (Lipinski definition) is 6. The third-order valence-electron chi connectivity index (χ3n) is 6.77. The van der Waals surface area contributed by atoms with Gasteiger partial charge in [0.05, 0.1) is 5.70 Å². The van der Waals surface area contributed by atoms with Gasteiger partial charge in [0, 0.05) is 30.1 Å². The van der Waals surface area contributed by atoms with Crippen molar-refractivity contribution in [1.29, 1.82) is 0 Å². The van der Waals surface area contributed by atoms with Gasteiger partial charge in [-0.3, -0.25) is 4.90 Å². The minimum absolute atomic E-state index is 0.245. The van der Waals surface area contributed by atoms with E-state index in [0.29, 0.717) is 11.3 Å². The Morgan fingerprint density at radius 3 is 2.25 bits per heavy atom. The number of unbranched alkanes of at least 4 members (excludes halogenated alkanes) is 2. The van der Waals surface area contributed by atoms with E-state index in [2.05, 4.69) is 18.7 Å². The fourth-order valence-electron chi connectivity index (χ4n) is 4.53. The fraction of sp³-hybridized carbons (Fsp3) is 0.571. The Balaban J connectivity index is 2.60. The highest BCUT2D eigenvalue weighted by Gasteiger charge is 2.28. The molecule has 7 nitrogen and oxygen atoms in total. The Labute approximate surface area is 218 Å². The highest BCUT2D eigenvalue weighted by molar-refractivity contribution is 7.92. The molecule has 1 atom stereocenters. The quantitative estimate of drug-likeness (QED) is 0.190. The molecule has 1 aromatic carbocycles. The predicted molar refractivity (Wildman–Crippen MR) is 148 cm³/mol. The zero-order valence-corrected chi connectivity index (χ0v) is 23.2. The van der Waals surface area contributed by atoms with Crippen molar-refractivity contribution in [2.24, 2.45) is 5.14 Å². The number of sulfonamides is 1. The van der Waals surface area contributed by atoms with Gasteiger partial charge in [-0.2, -0.15) is 0 Å². The summed E-state index contributed by atoms with van der Waals surface area (Å²) >= 11 is 0. The lowest BCUT2D eigenvalue weighted by molar-refractivity contribution is 0.0253. The molecular formula is C28H45N3O4S. The number of benzene rings is 1. The molecule has 2 rings (SSSR count). The third-order valence-corrected chi connectivity index (χ3v) is 7.29. The Morgan fingerprint density at radius 1 is 1.14 bits per heavy atom. The molecule has 1 fully saturated rings. The minimum atomic E-state index is -3.87. The Hall–Kier alpha value is -2.13. The first-order valence-electron chi connectivity index (χ1n) is 13.2. The van der Waals surface area contributed by atoms with Crippen LogP contribution in [0.1, 0.15) is 72.1 Å². The van der Waals surface area contributed by atoms with Crippen LogP contribution in [-0.2, 0) is 10.0 Å². The maximum atomic E-state index is 11.8.